The van der Waals surface area contributed by atoms with Crippen LogP contribution in [0.25, 0.3) is 11.0 Å². The molecule has 4 aromatic rings. The van der Waals surface area contributed by atoms with E-state index < -0.39 is 0 Å². The fourth-order valence-electron chi connectivity index (χ4n) is 4.09. The third kappa shape index (κ3) is 5.34. The van der Waals surface area contributed by atoms with Gasteiger partial charge in [-0.15, -0.1) is 0 Å². The summed E-state index contributed by atoms with van der Waals surface area (Å²) in [6.45, 7) is 8.19. The third-order valence-electron chi connectivity index (χ3n) is 5.83. The fourth-order valence-corrected chi connectivity index (χ4v) is 4.22. The summed E-state index contributed by atoms with van der Waals surface area (Å²) < 4.78 is 8.54. The summed E-state index contributed by atoms with van der Waals surface area (Å²) in [5.41, 5.74) is 5.98. The fraction of sp³-hybridized carbons (Fsp3) is 0.321. The Balaban J connectivity index is 1.42. The Morgan fingerprint density at radius 1 is 0.969 bits per heavy atom. The number of nitrogens with zero attached hydrogens (tertiary/aromatic N) is 2. The molecule has 166 valence electrons. The van der Waals surface area contributed by atoms with Gasteiger partial charge in [0.25, 0.3) is 0 Å². The Labute approximate surface area is 196 Å². The highest BCUT2D eigenvalue weighted by atomic mass is 35.5. The van der Waals surface area contributed by atoms with Crippen molar-refractivity contribution in [2.24, 2.45) is 0 Å². The Morgan fingerprint density at radius 3 is 2.53 bits per heavy atom. The van der Waals surface area contributed by atoms with Crippen LogP contribution >= 0.6 is 11.6 Å². The smallest absolute Gasteiger partial charge is 0.122 e. The van der Waals surface area contributed by atoms with Crippen LogP contribution in [0, 0.1) is 6.92 Å². The van der Waals surface area contributed by atoms with E-state index in [0.717, 1.165) is 54.5 Å². The normalized spacial score (nSPS) is 11.4. The molecule has 3 nitrogen and oxygen atoms in total. The van der Waals surface area contributed by atoms with Gasteiger partial charge in [0.05, 0.1) is 17.6 Å². The van der Waals surface area contributed by atoms with E-state index in [2.05, 4.69) is 73.9 Å². The van der Waals surface area contributed by atoms with Crippen molar-refractivity contribution in [1.82, 2.24) is 9.55 Å². The van der Waals surface area contributed by atoms with Gasteiger partial charge in [0.15, 0.2) is 0 Å². The number of hydrogen-bond acceptors (Lipinski definition) is 2. The monoisotopic (exact) mass is 446 g/mol. The molecule has 0 amide bonds. The van der Waals surface area contributed by atoms with Crippen LogP contribution in [0.4, 0.5) is 0 Å². The molecule has 4 heteroatoms. The minimum absolute atomic E-state index is 0.457. The number of aromatic nitrogens is 2. The molecule has 0 aliphatic heterocycles. The summed E-state index contributed by atoms with van der Waals surface area (Å²) >= 11 is 6.06. The van der Waals surface area contributed by atoms with Gasteiger partial charge in [-0.25, -0.2) is 4.98 Å². The van der Waals surface area contributed by atoms with Gasteiger partial charge in [0.2, 0.25) is 0 Å². The van der Waals surface area contributed by atoms with Crippen molar-refractivity contribution in [1.29, 1.82) is 0 Å². The number of imidazole rings is 1. The van der Waals surface area contributed by atoms with Gasteiger partial charge in [-0.2, -0.15) is 0 Å². The zero-order valence-electron chi connectivity index (χ0n) is 19.1. The third-order valence-corrected chi connectivity index (χ3v) is 6.09. The van der Waals surface area contributed by atoms with E-state index in [1.165, 1.54) is 22.2 Å². The molecule has 0 saturated carbocycles. The number of hydrogen-bond donors (Lipinski definition) is 0. The zero-order chi connectivity index (χ0) is 22.5. The predicted octanol–water partition coefficient (Wildman–Crippen LogP) is 7.57. The summed E-state index contributed by atoms with van der Waals surface area (Å²) in [7, 11) is 0. The highest BCUT2D eigenvalue weighted by Crippen LogP contribution is 2.28. The number of benzene rings is 3. The molecule has 0 atom stereocenters. The Bertz CT molecular complexity index is 1180. The minimum atomic E-state index is 0.457. The first-order valence-corrected chi connectivity index (χ1v) is 11.8. The first-order valence-electron chi connectivity index (χ1n) is 11.4. The first kappa shape index (κ1) is 22.4. The summed E-state index contributed by atoms with van der Waals surface area (Å²) in [6.07, 6.45) is 2.83. The maximum Gasteiger partial charge on any atom is 0.122 e. The minimum Gasteiger partial charge on any atom is -0.493 e. The van der Waals surface area contributed by atoms with Crippen LogP contribution in [0.5, 0.6) is 5.75 Å². The number of ether oxygens (including phenoxy) is 1. The van der Waals surface area contributed by atoms with Crippen molar-refractivity contribution in [3.63, 3.8) is 0 Å². The van der Waals surface area contributed by atoms with Crippen LogP contribution in [-0.4, -0.2) is 16.2 Å². The highest BCUT2D eigenvalue weighted by Gasteiger charge is 2.12. The van der Waals surface area contributed by atoms with Gasteiger partial charge in [0.1, 0.15) is 11.6 Å². The molecular weight excluding hydrogens is 416 g/mol. The molecule has 3 aromatic carbocycles. The number of aryl methyl sites for hydroxylation is 2. The van der Waals surface area contributed by atoms with Crippen LogP contribution in [0.1, 0.15) is 55.1 Å². The Kier molecular flexibility index (Phi) is 7.16. The predicted molar refractivity (Wildman–Crippen MR) is 134 cm³/mol. The lowest BCUT2D eigenvalue weighted by Crippen LogP contribution is -2.07. The van der Waals surface area contributed by atoms with Crippen LogP contribution in [0.15, 0.2) is 66.7 Å². The molecule has 0 bridgehead atoms. The summed E-state index contributed by atoms with van der Waals surface area (Å²) in [5, 5.41) is 0.761. The van der Waals surface area contributed by atoms with Crippen LogP contribution in [0.2, 0.25) is 5.02 Å². The standard InChI is InChI=1S/C28H31ClN2O/c1-20(2)24-15-10-21(3)18-27(24)32-17-7-6-16-31-26-9-5-4-8-25(26)30-28(31)19-22-11-13-23(29)14-12-22/h4-5,8-15,18,20H,6-7,16-17,19H2,1-3H3. The van der Waals surface area contributed by atoms with Crippen molar-refractivity contribution in [2.45, 2.75) is 52.5 Å². The second kappa shape index (κ2) is 10.2. The second-order valence-electron chi connectivity index (χ2n) is 8.72. The first-order chi connectivity index (χ1) is 15.5. The molecule has 4 rings (SSSR count). The van der Waals surface area contributed by atoms with Crippen molar-refractivity contribution in [3.05, 3.63) is 94.3 Å². The lowest BCUT2D eigenvalue weighted by Gasteiger charge is -2.15. The number of fused-ring (bicyclic) bond motifs is 1. The Hall–Kier alpha value is -2.78. The number of para-hydroxylation sites is 2. The molecule has 0 fully saturated rings. The van der Waals surface area contributed by atoms with Gasteiger partial charge in [-0.1, -0.05) is 61.8 Å². The number of rotatable bonds is 9. The largest absolute Gasteiger partial charge is 0.493 e. The van der Waals surface area contributed by atoms with Crippen LogP contribution in [0.3, 0.4) is 0 Å². The maximum atomic E-state index is 6.19. The van der Waals surface area contributed by atoms with Crippen LogP contribution in [-0.2, 0) is 13.0 Å². The molecule has 32 heavy (non-hydrogen) atoms. The quantitative estimate of drug-likeness (QED) is 0.248. The molecule has 0 saturated heterocycles. The molecule has 1 heterocycles. The van der Waals surface area contributed by atoms with E-state index in [-0.39, 0.29) is 0 Å². The van der Waals surface area contributed by atoms with Crippen molar-refractivity contribution in [2.75, 3.05) is 6.61 Å². The average molecular weight is 447 g/mol. The van der Waals surface area contributed by atoms with E-state index in [1.54, 1.807) is 0 Å². The van der Waals surface area contributed by atoms with E-state index in [4.69, 9.17) is 21.3 Å². The maximum absolute atomic E-state index is 6.19. The summed E-state index contributed by atoms with van der Waals surface area (Å²) in [4.78, 5) is 4.92. The molecule has 0 spiro atoms. The van der Waals surface area contributed by atoms with Crippen molar-refractivity contribution < 1.29 is 4.74 Å². The highest BCUT2D eigenvalue weighted by molar-refractivity contribution is 6.30. The topological polar surface area (TPSA) is 27.1 Å². The molecule has 0 N–H and O–H groups in total. The molecule has 0 radical (unpaired) electrons. The molecule has 0 aliphatic rings. The van der Waals surface area contributed by atoms with E-state index in [1.807, 2.05) is 18.2 Å². The molecule has 0 unspecified atom stereocenters. The van der Waals surface area contributed by atoms with Gasteiger partial charge in [0, 0.05) is 18.0 Å². The van der Waals surface area contributed by atoms with Gasteiger partial charge < -0.3 is 9.30 Å². The number of unbranched alkanes of at least 4 members (excludes halogenated alkanes) is 1. The molecule has 1 aromatic heterocycles. The molecular formula is C28H31ClN2O. The van der Waals surface area contributed by atoms with E-state index in [9.17, 15) is 0 Å². The van der Waals surface area contributed by atoms with Gasteiger partial charge in [-0.05, 0) is 72.7 Å². The second-order valence-corrected chi connectivity index (χ2v) is 9.16. The van der Waals surface area contributed by atoms with Gasteiger partial charge in [-0.3, -0.25) is 0 Å². The lowest BCUT2D eigenvalue weighted by atomic mass is 10.0. The number of halogens is 1. The molecule has 0 aliphatic carbocycles. The van der Waals surface area contributed by atoms with Crippen molar-refractivity contribution in [3.8, 4) is 5.75 Å². The van der Waals surface area contributed by atoms with Gasteiger partial charge >= 0.3 is 0 Å². The van der Waals surface area contributed by atoms with E-state index >= 15 is 0 Å². The summed E-state index contributed by atoms with van der Waals surface area (Å²) in [6, 6.07) is 22.9. The summed E-state index contributed by atoms with van der Waals surface area (Å²) in [5.74, 6) is 2.57. The average Bonchev–Trinajstić information content (AvgIpc) is 3.12. The lowest BCUT2D eigenvalue weighted by molar-refractivity contribution is 0.299. The SMILES string of the molecule is Cc1ccc(C(C)C)c(OCCCCn2c(Cc3ccc(Cl)cc3)nc3ccccc32)c1. The van der Waals surface area contributed by atoms with Crippen molar-refractivity contribution >= 4 is 22.6 Å². The van der Waals surface area contributed by atoms with E-state index in [0.29, 0.717) is 5.92 Å². The Morgan fingerprint density at radius 2 is 1.75 bits per heavy atom. The zero-order valence-corrected chi connectivity index (χ0v) is 19.9. The van der Waals surface area contributed by atoms with Crippen LogP contribution < -0.4 is 4.74 Å².